The van der Waals surface area contributed by atoms with Crippen LogP contribution in [-0.4, -0.2) is 32.1 Å². The Morgan fingerprint density at radius 2 is 1.60 bits per heavy atom. The maximum Gasteiger partial charge on any atom is 0.323 e. The predicted octanol–water partition coefficient (Wildman–Crippen LogP) is 5.42. The Balaban J connectivity index is 1.73. The van der Waals surface area contributed by atoms with Crippen molar-refractivity contribution < 1.29 is 9.59 Å². The number of carbonyl (C=O) groups is 2. The highest BCUT2D eigenvalue weighted by Crippen LogP contribution is 2.25. The quantitative estimate of drug-likeness (QED) is 0.595. The molecule has 30 heavy (non-hydrogen) atoms. The van der Waals surface area contributed by atoms with Gasteiger partial charge in [-0.05, 0) is 55.7 Å². The maximum absolute atomic E-state index is 13.0. The van der Waals surface area contributed by atoms with Gasteiger partial charge in [-0.25, -0.2) is 4.79 Å². The summed E-state index contributed by atoms with van der Waals surface area (Å²) < 4.78 is 0. The van der Waals surface area contributed by atoms with Gasteiger partial charge in [-0.3, -0.25) is 4.79 Å². The van der Waals surface area contributed by atoms with Gasteiger partial charge in [0.2, 0.25) is 0 Å². The molecule has 0 saturated heterocycles. The Hall–Kier alpha value is -2.73. The van der Waals surface area contributed by atoms with Gasteiger partial charge in [0.25, 0.3) is 5.91 Å². The van der Waals surface area contributed by atoms with Crippen molar-refractivity contribution >= 4 is 40.6 Å². The van der Waals surface area contributed by atoms with Gasteiger partial charge >= 0.3 is 6.03 Å². The van der Waals surface area contributed by atoms with Crippen LogP contribution in [0.15, 0.2) is 36.4 Å². The van der Waals surface area contributed by atoms with Gasteiger partial charge in [-0.2, -0.15) is 0 Å². The molecule has 1 aliphatic rings. The number of benzene rings is 2. The Kier molecular flexibility index (Phi) is 7.21. The summed E-state index contributed by atoms with van der Waals surface area (Å²) in [7, 11) is 3.79. The second-order valence-electron chi connectivity index (χ2n) is 7.98. The predicted molar refractivity (Wildman–Crippen MR) is 124 cm³/mol. The van der Waals surface area contributed by atoms with Crippen LogP contribution in [0.1, 0.15) is 48.0 Å². The highest BCUT2D eigenvalue weighted by atomic mass is 35.5. The first-order chi connectivity index (χ1) is 14.3. The normalized spacial score (nSPS) is 14.1. The van der Waals surface area contributed by atoms with Crippen LogP contribution in [0.5, 0.6) is 0 Å². The highest BCUT2D eigenvalue weighted by molar-refractivity contribution is 6.31. The smallest absolute Gasteiger partial charge is 0.323 e. The van der Waals surface area contributed by atoms with Crippen molar-refractivity contribution in [3.8, 4) is 0 Å². The number of rotatable bonds is 5. The van der Waals surface area contributed by atoms with Crippen LogP contribution in [0.2, 0.25) is 5.02 Å². The summed E-state index contributed by atoms with van der Waals surface area (Å²) in [6.07, 6.45) is 5.56. The van der Waals surface area contributed by atoms with E-state index in [2.05, 4.69) is 16.0 Å². The molecule has 0 atom stereocenters. The van der Waals surface area contributed by atoms with Crippen LogP contribution >= 0.6 is 11.6 Å². The molecular formula is C23H29ClN4O2. The first-order valence-corrected chi connectivity index (χ1v) is 10.7. The van der Waals surface area contributed by atoms with Crippen LogP contribution in [0, 0.1) is 6.92 Å². The molecule has 3 rings (SSSR count). The molecule has 0 bridgehead atoms. The van der Waals surface area contributed by atoms with E-state index in [1.54, 1.807) is 24.3 Å². The fraction of sp³-hybridized carbons (Fsp3) is 0.391. The molecular weight excluding hydrogens is 400 g/mol. The molecule has 0 spiro atoms. The maximum atomic E-state index is 13.0. The average Bonchev–Trinajstić information content (AvgIpc) is 2.71. The lowest BCUT2D eigenvalue weighted by Gasteiger charge is -2.24. The van der Waals surface area contributed by atoms with Crippen molar-refractivity contribution in [3.05, 3.63) is 52.5 Å². The molecule has 0 heterocycles. The summed E-state index contributed by atoms with van der Waals surface area (Å²) in [6.45, 7) is 1.90. The lowest BCUT2D eigenvalue weighted by atomic mass is 9.95. The summed E-state index contributed by atoms with van der Waals surface area (Å²) >= 11 is 6.12. The van der Waals surface area contributed by atoms with E-state index in [0.29, 0.717) is 22.0 Å². The van der Waals surface area contributed by atoms with Crippen molar-refractivity contribution in [3.63, 3.8) is 0 Å². The average molecular weight is 429 g/mol. The van der Waals surface area contributed by atoms with E-state index in [0.717, 1.165) is 36.9 Å². The molecule has 0 aromatic heterocycles. The van der Waals surface area contributed by atoms with Crippen LogP contribution in [0.25, 0.3) is 0 Å². The van der Waals surface area contributed by atoms with Crippen LogP contribution in [-0.2, 0) is 0 Å². The number of carbonyl (C=O) groups excluding carboxylic acids is 2. The van der Waals surface area contributed by atoms with Gasteiger partial charge in [-0.15, -0.1) is 0 Å². The number of nitrogens with zero attached hydrogens (tertiary/aromatic N) is 1. The zero-order valence-electron chi connectivity index (χ0n) is 17.7. The fourth-order valence-electron chi connectivity index (χ4n) is 3.66. The highest BCUT2D eigenvalue weighted by Gasteiger charge is 2.20. The van der Waals surface area contributed by atoms with Gasteiger partial charge < -0.3 is 20.9 Å². The Labute approximate surface area is 183 Å². The molecule has 1 saturated carbocycles. The second-order valence-corrected chi connectivity index (χ2v) is 8.39. The monoisotopic (exact) mass is 428 g/mol. The molecule has 0 aliphatic heterocycles. The van der Waals surface area contributed by atoms with Gasteiger partial charge in [0.1, 0.15) is 0 Å². The zero-order valence-corrected chi connectivity index (χ0v) is 18.5. The summed E-state index contributed by atoms with van der Waals surface area (Å²) in [4.78, 5) is 27.3. The lowest BCUT2D eigenvalue weighted by molar-refractivity contribution is 0.0928. The molecule has 1 fully saturated rings. The van der Waals surface area contributed by atoms with E-state index in [4.69, 9.17) is 11.6 Å². The molecule has 6 nitrogen and oxygen atoms in total. The second kappa shape index (κ2) is 9.85. The fourth-order valence-corrected chi connectivity index (χ4v) is 3.84. The number of hydrogen-bond acceptors (Lipinski definition) is 3. The summed E-state index contributed by atoms with van der Waals surface area (Å²) in [5, 5.41) is 9.30. The van der Waals surface area contributed by atoms with Crippen molar-refractivity contribution in [2.24, 2.45) is 0 Å². The standard InChI is InChI=1S/C23H29ClN4O2/c1-15-9-10-18(14-20(15)24)27-23(30)26-17-11-12-21(28(2)3)19(13-17)22(29)25-16-7-5-4-6-8-16/h9-14,16H,4-8H2,1-3H3,(H,25,29)(H2,26,27,30). The molecule has 0 unspecified atom stereocenters. The van der Waals surface area contributed by atoms with E-state index in [1.165, 1.54) is 6.42 Å². The van der Waals surface area contributed by atoms with Crippen molar-refractivity contribution in [1.82, 2.24) is 5.32 Å². The number of urea groups is 1. The third kappa shape index (κ3) is 5.66. The van der Waals surface area contributed by atoms with E-state index >= 15 is 0 Å². The topological polar surface area (TPSA) is 73.5 Å². The molecule has 3 N–H and O–H groups in total. The zero-order chi connectivity index (χ0) is 21.7. The molecule has 3 amide bonds. The third-order valence-electron chi connectivity index (χ3n) is 5.35. The van der Waals surface area contributed by atoms with Gasteiger partial charge in [0, 0.05) is 42.2 Å². The van der Waals surface area contributed by atoms with Crippen molar-refractivity contribution in [2.45, 2.75) is 45.1 Å². The SMILES string of the molecule is Cc1ccc(NC(=O)Nc2ccc(N(C)C)c(C(=O)NC3CCCCC3)c2)cc1Cl. The summed E-state index contributed by atoms with van der Waals surface area (Å²) in [5.41, 5.74) is 3.44. The Bertz CT molecular complexity index is 923. The molecule has 2 aromatic carbocycles. The first kappa shape index (κ1) is 22.0. The first-order valence-electron chi connectivity index (χ1n) is 10.3. The number of aryl methyl sites for hydroxylation is 1. The molecule has 7 heteroatoms. The lowest BCUT2D eigenvalue weighted by Crippen LogP contribution is -2.36. The number of nitrogens with one attached hydrogen (secondary N) is 3. The van der Waals surface area contributed by atoms with E-state index in [1.807, 2.05) is 38.1 Å². The molecule has 160 valence electrons. The van der Waals surface area contributed by atoms with Gasteiger partial charge in [-0.1, -0.05) is 36.9 Å². The Morgan fingerprint density at radius 3 is 2.23 bits per heavy atom. The summed E-state index contributed by atoms with van der Waals surface area (Å²) in [6, 6.07) is 10.5. The van der Waals surface area contributed by atoms with Crippen LogP contribution < -0.4 is 20.9 Å². The minimum atomic E-state index is -0.397. The summed E-state index contributed by atoms with van der Waals surface area (Å²) in [5.74, 6) is -0.111. The largest absolute Gasteiger partial charge is 0.377 e. The minimum Gasteiger partial charge on any atom is -0.377 e. The Morgan fingerprint density at radius 1 is 0.967 bits per heavy atom. The molecule has 1 aliphatic carbocycles. The van der Waals surface area contributed by atoms with Gasteiger partial charge in [0.05, 0.1) is 5.56 Å². The van der Waals surface area contributed by atoms with E-state index in [-0.39, 0.29) is 11.9 Å². The van der Waals surface area contributed by atoms with E-state index in [9.17, 15) is 9.59 Å². The van der Waals surface area contributed by atoms with Crippen molar-refractivity contribution in [1.29, 1.82) is 0 Å². The van der Waals surface area contributed by atoms with Crippen molar-refractivity contribution in [2.75, 3.05) is 29.6 Å². The van der Waals surface area contributed by atoms with Crippen LogP contribution in [0.4, 0.5) is 21.9 Å². The number of halogens is 1. The van der Waals surface area contributed by atoms with Crippen LogP contribution in [0.3, 0.4) is 0 Å². The van der Waals surface area contributed by atoms with E-state index < -0.39 is 6.03 Å². The number of anilines is 3. The molecule has 2 aromatic rings. The number of hydrogen-bond donors (Lipinski definition) is 3. The third-order valence-corrected chi connectivity index (χ3v) is 5.76. The number of amides is 3. The molecule has 0 radical (unpaired) electrons. The minimum absolute atomic E-state index is 0.111. The van der Waals surface area contributed by atoms with Gasteiger partial charge in [0.15, 0.2) is 0 Å².